The molecule has 1 aromatic heterocycles. The van der Waals surface area contributed by atoms with Gasteiger partial charge in [-0.15, -0.1) is 11.3 Å². The van der Waals surface area contributed by atoms with Crippen LogP contribution in [0.5, 0.6) is 0 Å². The van der Waals surface area contributed by atoms with Crippen LogP contribution in [0.15, 0.2) is 66.2 Å². The molecule has 4 rings (SSSR count). The summed E-state index contributed by atoms with van der Waals surface area (Å²) in [6.07, 6.45) is 6.67. The highest BCUT2D eigenvalue weighted by Crippen LogP contribution is 2.37. The molecule has 3 aromatic rings. The number of aryl methyl sites for hydroxylation is 1. The van der Waals surface area contributed by atoms with Gasteiger partial charge in [0.2, 0.25) is 0 Å². The Labute approximate surface area is 184 Å². The summed E-state index contributed by atoms with van der Waals surface area (Å²) in [4.78, 5) is 7.01. The molecule has 1 fully saturated rings. The van der Waals surface area contributed by atoms with Crippen molar-refractivity contribution in [3.8, 4) is 10.6 Å². The molecule has 0 amide bonds. The third-order valence-corrected chi connectivity index (χ3v) is 7.18. The molecule has 1 saturated heterocycles. The minimum Gasteiger partial charge on any atom is -0.381 e. The van der Waals surface area contributed by atoms with Crippen LogP contribution >= 0.6 is 11.3 Å². The van der Waals surface area contributed by atoms with Crippen LogP contribution in [0.2, 0.25) is 0 Å². The van der Waals surface area contributed by atoms with Gasteiger partial charge in [0.15, 0.2) is 0 Å². The molecular formula is C26H32N2OS. The van der Waals surface area contributed by atoms with E-state index in [0.29, 0.717) is 5.41 Å². The van der Waals surface area contributed by atoms with Crippen LogP contribution in [0.25, 0.3) is 10.6 Å². The fourth-order valence-electron chi connectivity index (χ4n) is 4.40. The zero-order valence-corrected chi connectivity index (χ0v) is 18.7. The quantitative estimate of drug-likeness (QED) is 0.421. The number of benzene rings is 2. The van der Waals surface area contributed by atoms with Crippen molar-refractivity contribution in [2.45, 2.75) is 39.2 Å². The summed E-state index contributed by atoms with van der Waals surface area (Å²) in [6, 6.07) is 19.8. The average molecular weight is 421 g/mol. The van der Waals surface area contributed by atoms with Crippen molar-refractivity contribution in [3.05, 3.63) is 77.3 Å². The van der Waals surface area contributed by atoms with E-state index in [0.717, 1.165) is 44.3 Å². The minimum absolute atomic E-state index is 0.317. The van der Waals surface area contributed by atoms with Crippen molar-refractivity contribution in [3.63, 3.8) is 0 Å². The molecular weight excluding hydrogens is 388 g/mol. The fraction of sp³-hybridized carbons (Fsp3) is 0.423. The van der Waals surface area contributed by atoms with Gasteiger partial charge in [0.25, 0.3) is 0 Å². The molecule has 0 radical (unpaired) electrons. The van der Waals surface area contributed by atoms with E-state index in [-0.39, 0.29) is 0 Å². The number of hydrogen-bond donors (Lipinski definition) is 0. The normalized spacial score (nSPS) is 16.6. The van der Waals surface area contributed by atoms with E-state index in [1.165, 1.54) is 36.0 Å². The van der Waals surface area contributed by atoms with Crippen LogP contribution in [0.3, 0.4) is 0 Å². The Hall–Kier alpha value is -2.01. The van der Waals surface area contributed by atoms with E-state index in [4.69, 9.17) is 4.74 Å². The summed E-state index contributed by atoms with van der Waals surface area (Å²) >= 11 is 1.69. The fourth-order valence-corrected chi connectivity index (χ4v) is 5.05. The Balaban J connectivity index is 1.33. The maximum atomic E-state index is 5.94. The summed E-state index contributed by atoms with van der Waals surface area (Å²) in [5.41, 5.74) is 4.36. The molecule has 1 aliphatic heterocycles. The second-order valence-corrected chi connectivity index (χ2v) is 9.33. The first-order valence-electron chi connectivity index (χ1n) is 11.1. The second kappa shape index (κ2) is 10.3. The van der Waals surface area contributed by atoms with Gasteiger partial charge in [-0.05, 0) is 62.2 Å². The van der Waals surface area contributed by atoms with Crippen LogP contribution in [0, 0.1) is 5.41 Å². The Morgan fingerprint density at radius 1 is 1.00 bits per heavy atom. The molecule has 0 N–H and O–H groups in total. The third kappa shape index (κ3) is 5.57. The predicted molar refractivity (Wildman–Crippen MR) is 126 cm³/mol. The molecule has 2 heterocycles. The Morgan fingerprint density at radius 3 is 2.43 bits per heavy atom. The lowest BCUT2D eigenvalue weighted by atomic mass is 9.74. The molecule has 4 heteroatoms. The Kier molecular flexibility index (Phi) is 7.32. The van der Waals surface area contributed by atoms with Gasteiger partial charge in [-0.1, -0.05) is 54.6 Å². The first-order valence-corrected chi connectivity index (χ1v) is 12.0. The summed E-state index contributed by atoms with van der Waals surface area (Å²) in [5.74, 6) is 0. The van der Waals surface area contributed by atoms with E-state index in [1.54, 1.807) is 11.3 Å². The van der Waals surface area contributed by atoms with Crippen molar-refractivity contribution >= 4 is 11.3 Å². The second-order valence-electron chi connectivity index (χ2n) is 8.43. The zero-order valence-electron chi connectivity index (χ0n) is 17.9. The molecule has 0 bridgehead atoms. The number of nitrogens with zero attached hydrogens (tertiary/aromatic N) is 2. The smallest absolute Gasteiger partial charge is 0.123 e. The van der Waals surface area contributed by atoms with Crippen molar-refractivity contribution in [2.24, 2.45) is 5.41 Å². The maximum Gasteiger partial charge on any atom is 0.123 e. The van der Waals surface area contributed by atoms with Gasteiger partial charge in [-0.25, -0.2) is 4.98 Å². The van der Waals surface area contributed by atoms with Crippen LogP contribution in [0.1, 0.15) is 37.3 Å². The number of likely N-dealkylation sites (tertiary alicyclic amines) is 1. The zero-order chi connectivity index (χ0) is 20.7. The molecule has 0 spiro atoms. The van der Waals surface area contributed by atoms with Crippen LogP contribution in [-0.4, -0.2) is 36.2 Å². The number of piperidine rings is 1. The molecule has 2 aromatic carbocycles. The van der Waals surface area contributed by atoms with Crippen LogP contribution in [-0.2, 0) is 17.7 Å². The highest BCUT2D eigenvalue weighted by atomic mass is 32.1. The van der Waals surface area contributed by atoms with E-state index < -0.39 is 0 Å². The van der Waals surface area contributed by atoms with Crippen molar-refractivity contribution in [1.82, 2.24) is 9.88 Å². The Bertz CT molecular complexity index is 869. The van der Waals surface area contributed by atoms with Crippen LogP contribution < -0.4 is 0 Å². The molecule has 3 nitrogen and oxygen atoms in total. The molecule has 0 unspecified atom stereocenters. The van der Waals surface area contributed by atoms with E-state index in [2.05, 4.69) is 71.4 Å². The lowest BCUT2D eigenvalue weighted by molar-refractivity contribution is -0.00232. The number of rotatable bonds is 9. The highest BCUT2D eigenvalue weighted by molar-refractivity contribution is 7.13. The maximum absolute atomic E-state index is 5.94. The van der Waals surface area contributed by atoms with Gasteiger partial charge in [0.05, 0.1) is 6.61 Å². The number of hydrogen-bond acceptors (Lipinski definition) is 4. The van der Waals surface area contributed by atoms with Gasteiger partial charge in [0, 0.05) is 30.3 Å². The highest BCUT2D eigenvalue weighted by Gasteiger charge is 2.34. The number of aromatic nitrogens is 1. The minimum atomic E-state index is 0.317. The van der Waals surface area contributed by atoms with E-state index in [1.807, 2.05) is 11.6 Å². The number of thiazole rings is 1. The van der Waals surface area contributed by atoms with Crippen molar-refractivity contribution in [2.75, 3.05) is 26.3 Å². The number of ether oxygens (including phenoxy) is 1. The van der Waals surface area contributed by atoms with Gasteiger partial charge in [-0.2, -0.15) is 0 Å². The van der Waals surface area contributed by atoms with Crippen molar-refractivity contribution < 1.29 is 4.74 Å². The first-order chi connectivity index (χ1) is 14.8. The lowest BCUT2D eigenvalue weighted by Crippen LogP contribution is -2.42. The van der Waals surface area contributed by atoms with Gasteiger partial charge in [0.1, 0.15) is 5.01 Å². The van der Waals surface area contributed by atoms with Gasteiger partial charge < -0.3 is 4.74 Å². The molecule has 0 atom stereocenters. The summed E-state index contributed by atoms with van der Waals surface area (Å²) in [7, 11) is 0. The summed E-state index contributed by atoms with van der Waals surface area (Å²) in [6.45, 7) is 7.14. The standard InChI is InChI=1S/C26H32N2OS/c1-2-29-21-26(13-12-22-6-4-3-5-7-22)14-17-28(18-15-26)20-23-8-10-24(11-9-23)25-27-16-19-30-25/h3-11,16,19H,2,12-15,17-18,20-21H2,1H3. The molecule has 158 valence electrons. The molecule has 0 saturated carbocycles. The third-order valence-electron chi connectivity index (χ3n) is 6.36. The SMILES string of the molecule is CCOCC1(CCc2ccccc2)CCN(Cc2ccc(-c3nccs3)cc2)CC1. The monoisotopic (exact) mass is 420 g/mol. The topological polar surface area (TPSA) is 25.4 Å². The summed E-state index contributed by atoms with van der Waals surface area (Å²) in [5, 5.41) is 3.13. The van der Waals surface area contributed by atoms with Crippen LogP contribution in [0.4, 0.5) is 0 Å². The lowest BCUT2D eigenvalue weighted by Gasteiger charge is -2.42. The van der Waals surface area contributed by atoms with E-state index >= 15 is 0 Å². The first kappa shape index (κ1) is 21.2. The predicted octanol–water partition coefficient (Wildman–Crippen LogP) is 6.06. The molecule has 30 heavy (non-hydrogen) atoms. The van der Waals surface area contributed by atoms with E-state index in [9.17, 15) is 0 Å². The van der Waals surface area contributed by atoms with Gasteiger partial charge >= 0.3 is 0 Å². The average Bonchev–Trinajstić information content (AvgIpc) is 3.34. The molecule has 0 aliphatic carbocycles. The molecule has 1 aliphatic rings. The summed E-state index contributed by atoms with van der Waals surface area (Å²) < 4.78 is 5.94. The van der Waals surface area contributed by atoms with Gasteiger partial charge in [-0.3, -0.25) is 4.90 Å². The largest absolute Gasteiger partial charge is 0.381 e. The van der Waals surface area contributed by atoms with Crippen molar-refractivity contribution in [1.29, 1.82) is 0 Å². The Morgan fingerprint density at radius 2 is 1.77 bits per heavy atom.